The Labute approximate surface area is 193 Å². The van der Waals surface area contributed by atoms with Crippen molar-refractivity contribution in [1.29, 1.82) is 0 Å². The van der Waals surface area contributed by atoms with Gasteiger partial charge < -0.3 is 10.1 Å². The van der Waals surface area contributed by atoms with Crippen LogP contribution in [0.1, 0.15) is 50.2 Å². The number of nitrogens with one attached hydrogen (secondary N) is 1. The zero-order valence-electron chi connectivity index (χ0n) is 18.5. The molecule has 0 saturated heterocycles. The third-order valence-electron chi connectivity index (χ3n) is 5.64. The molecular weight excluding hydrogens is 416 g/mol. The molecule has 0 unspecified atom stereocenters. The van der Waals surface area contributed by atoms with Crippen molar-refractivity contribution in [3.63, 3.8) is 0 Å². The minimum Gasteiger partial charge on any atom is -0.489 e. The van der Waals surface area contributed by atoms with Gasteiger partial charge in [0.25, 0.3) is 11.8 Å². The van der Waals surface area contributed by atoms with Crippen molar-refractivity contribution in [3.8, 4) is 5.75 Å². The van der Waals surface area contributed by atoms with E-state index >= 15 is 0 Å². The highest BCUT2D eigenvalue weighted by molar-refractivity contribution is 6.21. The number of rotatable bonds is 9. The van der Waals surface area contributed by atoms with E-state index in [4.69, 9.17) is 4.74 Å². The molecule has 0 aromatic heterocycles. The lowest BCUT2D eigenvalue weighted by Crippen LogP contribution is -2.32. The molecule has 0 saturated carbocycles. The Morgan fingerprint density at radius 1 is 0.879 bits per heavy atom. The molecule has 168 valence electrons. The second kappa shape index (κ2) is 10.1. The number of carbonyl (C=O) groups excluding carboxylic acids is 3. The maximum absolute atomic E-state index is 12.5. The number of hydrogen-bond donors (Lipinski definition) is 1. The van der Waals surface area contributed by atoms with E-state index in [1.165, 1.54) is 4.90 Å². The van der Waals surface area contributed by atoms with Gasteiger partial charge in [-0.05, 0) is 48.7 Å². The molecule has 3 aromatic carbocycles. The van der Waals surface area contributed by atoms with Crippen LogP contribution in [0.25, 0.3) is 0 Å². The summed E-state index contributed by atoms with van der Waals surface area (Å²) in [6.07, 6.45) is 0.643. The van der Waals surface area contributed by atoms with Crippen LogP contribution < -0.4 is 10.1 Å². The van der Waals surface area contributed by atoms with E-state index in [1.54, 1.807) is 12.1 Å². The zero-order chi connectivity index (χ0) is 23.2. The number of amides is 3. The number of hydrogen-bond acceptors (Lipinski definition) is 4. The minimum atomic E-state index is -0.289. The predicted molar refractivity (Wildman–Crippen MR) is 125 cm³/mol. The number of para-hydroxylation sites is 1. The Morgan fingerprint density at radius 3 is 2.36 bits per heavy atom. The molecular formula is C27H26N2O4. The fourth-order valence-corrected chi connectivity index (χ4v) is 3.84. The van der Waals surface area contributed by atoms with Crippen molar-refractivity contribution in [2.24, 2.45) is 0 Å². The summed E-state index contributed by atoms with van der Waals surface area (Å²) in [5.41, 5.74) is 3.80. The second-order valence-corrected chi connectivity index (χ2v) is 8.06. The summed E-state index contributed by atoms with van der Waals surface area (Å²) >= 11 is 0. The van der Waals surface area contributed by atoms with Gasteiger partial charge in [-0.1, -0.05) is 54.1 Å². The van der Waals surface area contributed by atoms with Crippen LogP contribution in [-0.4, -0.2) is 29.2 Å². The summed E-state index contributed by atoms with van der Waals surface area (Å²) in [5.74, 6) is 0.0927. The van der Waals surface area contributed by atoms with E-state index in [9.17, 15) is 14.4 Å². The number of benzene rings is 3. The van der Waals surface area contributed by atoms with Gasteiger partial charge in [-0.2, -0.15) is 0 Å². The maximum atomic E-state index is 12.5. The average molecular weight is 443 g/mol. The van der Waals surface area contributed by atoms with Crippen LogP contribution in [0.5, 0.6) is 5.75 Å². The summed E-state index contributed by atoms with van der Waals surface area (Å²) < 4.78 is 5.83. The normalized spacial score (nSPS) is 12.6. The van der Waals surface area contributed by atoms with Gasteiger partial charge in [0.1, 0.15) is 12.4 Å². The van der Waals surface area contributed by atoms with E-state index in [0.29, 0.717) is 30.7 Å². The highest BCUT2D eigenvalue weighted by Crippen LogP contribution is 2.24. The molecule has 1 N–H and O–H groups in total. The maximum Gasteiger partial charge on any atom is 0.261 e. The molecule has 0 radical (unpaired) electrons. The van der Waals surface area contributed by atoms with Crippen molar-refractivity contribution in [2.45, 2.75) is 32.9 Å². The van der Waals surface area contributed by atoms with Gasteiger partial charge >= 0.3 is 0 Å². The number of nitrogens with zero attached hydrogens (tertiary/aromatic N) is 1. The average Bonchev–Trinajstić information content (AvgIpc) is 3.06. The Bertz CT molecular complexity index is 1170. The van der Waals surface area contributed by atoms with Crippen LogP contribution in [0.2, 0.25) is 0 Å². The zero-order valence-corrected chi connectivity index (χ0v) is 18.5. The Hall–Kier alpha value is -3.93. The van der Waals surface area contributed by atoms with Gasteiger partial charge in [0, 0.05) is 19.5 Å². The predicted octanol–water partition coefficient (Wildman–Crippen LogP) is 4.27. The standard InChI is InChI=1S/C27H26N2O4/c1-19-13-14-23-24(16-19)27(32)29(26(23)31)15-7-12-25(30)28-17-20-8-5-6-9-21(20)18-33-22-10-3-2-4-11-22/h2-6,8-11,13-14,16H,7,12,15,17-18H2,1H3,(H,28,30). The van der Waals surface area contributed by atoms with E-state index in [-0.39, 0.29) is 30.7 Å². The summed E-state index contributed by atoms with van der Waals surface area (Å²) in [5, 5.41) is 2.93. The van der Waals surface area contributed by atoms with E-state index < -0.39 is 0 Å². The van der Waals surface area contributed by atoms with Crippen molar-refractivity contribution in [3.05, 3.63) is 101 Å². The highest BCUT2D eigenvalue weighted by Gasteiger charge is 2.34. The molecule has 6 nitrogen and oxygen atoms in total. The van der Waals surface area contributed by atoms with Gasteiger partial charge in [0.05, 0.1) is 11.1 Å². The van der Waals surface area contributed by atoms with Crippen molar-refractivity contribution in [1.82, 2.24) is 10.2 Å². The van der Waals surface area contributed by atoms with E-state index in [1.807, 2.05) is 67.6 Å². The first-order valence-corrected chi connectivity index (χ1v) is 11.0. The first kappa shape index (κ1) is 22.3. The molecule has 0 spiro atoms. The largest absolute Gasteiger partial charge is 0.489 e. The number of aryl methyl sites for hydroxylation is 1. The molecule has 1 aliphatic rings. The molecule has 1 heterocycles. The van der Waals surface area contributed by atoms with Crippen molar-refractivity contribution >= 4 is 17.7 Å². The Balaban J connectivity index is 1.25. The molecule has 0 atom stereocenters. The number of carbonyl (C=O) groups is 3. The van der Waals surface area contributed by atoms with Gasteiger partial charge in [-0.15, -0.1) is 0 Å². The van der Waals surface area contributed by atoms with Gasteiger partial charge in [0.15, 0.2) is 0 Å². The minimum absolute atomic E-state index is 0.124. The van der Waals surface area contributed by atoms with Crippen molar-refractivity contribution in [2.75, 3.05) is 6.54 Å². The Kier molecular flexibility index (Phi) is 6.83. The van der Waals surface area contributed by atoms with Crippen LogP contribution in [-0.2, 0) is 17.9 Å². The molecule has 3 amide bonds. The number of ether oxygens (including phenoxy) is 1. The Morgan fingerprint density at radius 2 is 1.58 bits per heavy atom. The lowest BCUT2D eigenvalue weighted by Gasteiger charge is -2.14. The SMILES string of the molecule is Cc1ccc2c(c1)C(=O)N(CCCC(=O)NCc1ccccc1COc1ccccc1)C2=O. The van der Waals surface area contributed by atoms with E-state index in [0.717, 1.165) is 22.4 Å². The van der Waals surface area contributed by atoms with Gasteiger partial charge in [0.2, 0.25) is 5.91 Å². The summed E-state index contributed by atoms with van der Waals surface area (Å²) in [6, 6.07) is 22.6. The molecule has 6 heteroatoms. The third kappa shape index (κ3) is 5.29. The molecule has 0 bridgehead atoms. The summed E-state index contributed by atoms with van der Waals surface area (Å²) in [4.78, 5) is 38.6. The summed E-state index contributed by atoms with van der Waals surface area (Å²) in [7, 11) is 0. The molecule has 0 aliphatic carbocycles. The lowest BCUT2D eigenvalue weighted by atomic mass is 10.1. The van der Waals surface area contributed by atoms with Gasteiger partial charge in [-0.3, -0.25) is 19.3 Å². The fraction of sp³-hybridized carbons (Fsp3) is 0.222. The van der Waals surface area contributed by atoms with Crippen LogP contribution >= 0.6 is 0 Å². The van der Waals surface area contributed by atoms with Crippen LogP contribution in [0, 0.1) is 6.92 Å². The monoisotopic (exact) mass is 442 g/mol. The summed E-state index contributed by atoms with van der Waals surface area (Å²) in [6.45, 7) is 2.91. The number of imide groups is 1. The first-order chi connectivity index (χ1) is 16.0. The van der Waals surface area contributed by atoms with E-state index in [2.05, 4.69) is 5.32 Å². The number of fused-ring (bicyclic) bond motifs is 1. The van der Waals surface area contributed by atoms with Crippen LogP contribution in [0.4, 0.5) is 0 Å². The molecule has 33 heavy (non-hydrogen) atoms. The molecule has 3 aromatic rings. The smallest absolute Gasteiger partial charge is 0.261 e. The topological polar surface area (TPSA) is 75.7 Å². The molecule has 0 fully saturated rings. The van der Waals surface area contributed by atoms with Gasteiger partial charge in [-0.25, -0.2) is 0 Å². The van der Waals surface area contributed by atoms with Crippen LogP contribution in [0.3, 0.4) is 0 Å². The quantitative estimate of drug-likeness (QED) is 0.502. The highest BCUT2D eigenvalue weighted by atomic mass is 16.5. The van der Waals surface area contributed by atoms with Crippen LogP contribution in [0.15, 0.2) is 72.8 Å². The molecule has 1 aliphatic heterocycles. The molecule has 4 rings (SSSR count). The fourth-order valence-electron chi connectivity index (χ4n) is 3.84. The third-order valence-corrected chi connectivity index (χ3v) is 5.64. The van der Waals surface area contributed by atoms with Crippen molar-refractivity contribution < 1.29 is 19.1 Å². The second-order valence-electron chi connectivity index (χ2n) is 8.06. The first-order valence-electron chi connectivity index (χ1n) is 11.0. The lowest BCUT2D eigenvalue weighted by molar-refractivity contribution is -0.121.